The van der Waals surface area contributed by atoms with E-state index in [0.717, 1.165) is 17.9 Å². The molecule has 1 aliphatic carbocycles. The first-order valence-corrected chi connectivity index (χ1v) is 8.77. The maximum Gasteiger partial charge on any atom is 0.251 e. The third kappa shape index (κ3) is 3.97. The molecule has 3 rings (SSSR count). The molecule has 1 amide bonds. The van der Waals surface area contributed by atoms with E-state index in [4.69, 9.17) is 4.74 Å². The average Bonchev–Trinajstić information content (AvgIpc) is 2.60. The Hall–Kier alpha value is -2.29. The Labute approximate surface area is 144 Å². The standard InChI is InChI=1S/C21H25NO2/c1-15-7-6-10-20(16(15)2)22-21(23)17-11-13-19(14-12-17)24-18-8-4-3-5-9-18/h3-5,8-9,11-16,20H,6-7,10H2,1-2H3,(H,22,23)/t15-,16+,20+/m0/s1. The van der Waals surface area contributed by atoms with Crippen LogP contribution < -0.4 is 10.1 Å². The molecule has 24 heavy (non-hydrogen) atoms. The van der Waals surface area contributed by atoms with Gasteiger partial charge in [0, 0.05) is 11.6 Å². The molecule has 0 bridgehead atoms. The van der Waals surface area contributed by atoms with E-state index in [-0.39, 0.29) is 11.9 Å². The molecule has 0 spiro atoms. The summed E-state index contributed by atoms with van der Waals surface area (Å²) >= 11 is 0. The molecule has 1 fully saturated rings. The first-order valence-electron chi connectivity index (χ1n) is 8.77. The highest BCUT2D eigenvalue weighted by Gasteiger charge is 2.28. The number of amides is 1. The first kappa shape index (κ1) is 16.6. The van der Waals surface area contributed by atoms with Crippen LogP contribution >= 0.6 is 0 Å². The smallest absolute Gasteiger partial charge is 0.251 e. The summed E-state index contributed by atoms with van der Waals surface area (Å²) in [6.45, 7) is 4.52. The minimum Gasteiger partial charge on any atom is -0.457 e. The monoisotopic (exact) mass is 323 g/mol. The summed E-state index contributed by atoms with van der Waals surface area (Å²) < 4.78 is 5.76. The molecule has 1 N–H and O–H groups in total. The third-order valence-corrected chi connectivity index (χ3v) is 5.12. The summed E-state index contributed by atoms with van der Waals surface area (Å²) in [5.74, 6) is 2.73. The van der Waals surface area contributed by atoms with Gasteiger partial charge >= 0.3 is 0 Å². The van der Waals surface area contributed by atoms with Gasteiger partial charge in [-0.2, -0.15) is 0 Å². The van der Waals surface area contributed by atoms with Gasteiger partial charge in [0.2, 0.25) is 0 Å². The first-order chi connectivity index (χ1) is 11.6. The van der Waals surface area contributed by atoms with Crippen molar-refractivity contribution in [3.8, 4) is 11.5 Å². The quantitative estimate of drug-likeness (QED) is 0.856. The fourth-order valence-corrected chi connectivity index (χ4v) is 3.34. The molecule has 2 aromatic rings. The molecule has 1 aliphatic rings. The molecule has 126 valence electrons. The molecule has 1 saturated carbocycles. The van der Waals surface area contributed by atoms with Gasteiger partial charge in [-0.3, -0.25) is 4.79 Å². The fraction of sp³-hybridized carbons (Fsp3) is 0.381. The van der Waals surface area contributed by atoms with Crippen molar-refractivity contribution in [3.63, 3.8) is 0 Å². The van der Waals surface area contributed by atoms with Crippen molar-refractivity contribution in [3.05, 3.63) is 60.2 Å². The summed E-state index contributed by atoms with van der Waals surface area (Å²) in [7, 11) is 0. The van der Waals surface area contributed by atoms with Gasteiger partial charge in [-0.15, -0.1) is 0 Å². The van der Waals surface area contributed by atoms with Crippen LogP contribution in [0, 0.1) is 11.8 Å². The highest BCUT2D eigenvalue weighted by Crippen LogP contribution is 2.29. The summed E-state index contributed by atoms with van der Waals surface area (Å²) in [6.07, 6.45) is 3.53. The predicted molar refractivity (Wildman–Crippen MR) is 96.4 cm³/mol. The van der Waals surface area contributed by atoms with Crippen molar-refractivity contribution < 1.29 is 9.53 Å². The summed E-state index contributed by atoms with van der Waals surface area (Å²) in [4.78, 5) is 12.5. The molecule has 0 aromatic heterocycles. The van der Waals surface area contributed by atoms with Crippen molar-refractivity contribution in [2.24, 2.45) is 11.8 Å². The Balaban J connectivity index is 1.61. The second-order valence-corrected chi connectivity index (χ2v) is 6.79. The number of carbonyl (C=O) groups excluding carboxylic acids is 1. The van der Waals surface area contributed by atoms with Crippen molar-refractivity contribution in [1.82, 2.24) is 5.32 Å². The fourth-order valence-electron chi connectivity index (χ4n) is 3.34. The normalized spacial score (nSPS) is 23.5. The van der Waals surface area contributed by atoms with Crippen LogP contribution in [0.15, 0.2) is 54.6 Å². The highest BCUT2D eigenvalue weighted by atomic mass is 16.5. The molecule has 0 aliphatic heterocycles. The molecular weight excluding hydrogens is 298 g/mol. The number of nitrogens with one attached hydrogen (secondary N) is 1. The van der Waals surface area contributed by atoms with Crippen LogP contribution in [0.1, 0.15) is 43.5 Å². The second kappa shape index (κ2) is 7.52. The predicted octanol–water partition coefficient (Wildman–Crippen LogP) is 5.03. The lowest BCUT2D eigenvalue weighted by atomic mass is 9.78. The zero-order chi connectivity index (χ0) is 16.9. The van der Waals surface area contributed by atoms with Crippen LogP contribution in [0.3, 0.4) is 0 Å². The van der Waals surface area contributed by atoms with Gasteiger partial charge in [0.1, 0.15) is 11.5 Å². The van der Waals surface area contributed by atoms with Crippen LogP contribution in [-0.4, -0.2) is 11.9 Å². The molecule has 0 heterocycles. The van der Waals surface area contributed by atoms with Gasteiger partial charge in [0.05, 0.1) is 0 Å². The van der Waals surface area contributed by atoms with E-state index in [0.29, 0.717) is 17.4 Å². The van der Waals surface area contributed by atoms with Crippen molar-refractivity contribution in [1.29, 1.82) is 0 Å². The van der Waals surface area contributed by atoms with Crippen molar-refractivity contribution in [2.45, 2.75) is 39.2 Å². The number of benzene rings is 2. The van der Waals surface area contributed by atoms with E-state index in [9.17, 15) is 4.79 Å². The van der Waals surface area contributed by atoms with Crippen LogP contribution in [-0.2, 0) is 0 Å². The maximum absolute atomic E-state index is 12.5. The zero-order valence-corrected chi connectivity index (χ0v) is 14.4. The Bertz CT molecular complexity index is 666. The minimum atomic E-state index is 0.00668. The topological polar surface area (TPSA) is 38.3 Å². The number of hydrogen-bond acceptors (Lipinski definition) is 2. The van der Waals surface area contributed by atoms with Gasteiger partial charge in [0.25, 0.3) is 5.91 Å². The zero-order valence-electron chi connectivity index (χ0n) is 14.4. The third-order valence-electron chi connectivity index (χ3n) is 5.12. The molecule has 0 unspecified atom stereocenters. The van der Waals surface area contributed by atoms with Crippen LogP contribution in [0.25, 0.3) is 0 Å². The average molecular weight is 323 g/mol. The summed E-state index contributed by atoms with van der Waals surface area (Å²) in [5.41, 5.74) is 0.681. The molecule has 0 saturated heterocycles. The van der Waals surface area contributed by atoms with Gasteiger partial charge in [-0.1, -0.05) is 44.9 Å². The highest BCUT2D eigenvalue weighted by molar-refractivity contribution is 5.94. The van der Waals surface area contributed by atoms with Crippen molar-refractivity contribution >= 4 is 5.91 Å². The molecule has 0 radical (unpaired) electrons. The Morgan fingerprint density at radius 2 is 1.62 bits per heavy atom. The Morgan fingerprint density at radius 3 is 2.33 bits per heavy atom. The van der Waals surface area contributed by atoms with Crippen LogP contribution in [0.4, 0.5) is 0 Å². The largest absolute Gasteiger partial charge is 0.457 e. The minimum absolute atomic E-state index is 0.00668. The number of carbonyl (C=O) groups is 1. The van der Waals surface area contributed by atoms with E-state index >= 15 is 0 Å². The van der Waals surface area contributed by atoms with Gasteiger partial charge in [-0.25, -0.2) is 0 Å². The summed E-state index contributed by atoms with van der Waals surface area (Å²) in [6, 6.07) is 17.2. The lowest BCUT2D eigenvalue weighted by molar-refractivity contribution is 0.0891. The van der Waals surface area contributed by atoms with Crippen LogP contribution in [0.5, 0.6) is 11.5 Å². The van der Waals surface area contributed by atoms with Crippen LogP contribution in [0.2, 0.25) is 0 Å². The van der Waals surface area contributed by atoms with E-state index < -0.39 is 0 Å². The number of para-hydroxylation sites is 1. The van der Waals surface area contributed by atoms with E-state index in [1.165, 1.54) is 12.8 Å². The number of hydrogen-bond donors (Lipinski definition) is 1. The van der Waals surface area contributed by atoms with E-state index in [1.807, 2.05) is 54.6 Å². The molecule has 3 nitrogen and oxygen atoms in total. The number of rotatable bonds is 4. The maximum atomic E-state index is 12.5. The van der Waals surface area contributed by atoms with Crippen molar-refractivity contribution in [2.75, 3.05) is 0 Å². The Kier molecular flexibility index (Phi) is 5.19. The second-order valence-electron chi connectivity index (χ2n) is 6.79. The number of ether oxygens (including phenoxy) is 1. The molecular formula is C21H25NO2. The SMILES string of the molecule is C[C@@H]1[C@@H](C)CCC[C@H]1NC(=O)c1ccc(Oc2ccccc2)cc1. The van der Waals surface area contributed by atoms with E-state index in [1.54, 1.807) is 0 Å². The lowest BCUT2D eigenvalue weighted by Gasteiger charge is -2.34. The van der Waals surface area contributed by atoms with Gasteiger partial charge in [0.15, 0.2) is 0 Å². The molecule has 3 heteroatoms. The lowest BCUT2D eigenvalue weighted by Crippen LogP contribution is -2.43. The molecule has 3 atom stereocenters. The van der Waals surface area contributed by atoms with E-state index in [2.05, 4.69) is 19.2 Å². The molecule has 2 aromatic carbocycles. The summed E-state index contributed by atoms with van der Waals surface area (Å²) in [5, 5.41) is 3.20. The van der Waals surface area contributed by atoms with Gasteiger partial charge < -0.3 is 10.1 Å². The Morgan fingerprint density at radius 1 is 0.958 bits per heavy atom. The van der Waals surface area contributed by atoms with Gasteiger partial charge in [-0.05, 0) is 54.7 Å².